The molecule has 3 nitrogen and oxygen atoms in total. The zero-order chi connectivity index (χ0) is 11.4. The molecule has 4 heteroatoms. The Kier molecular flexibility index (Phi) is 4.16. The molecule has 1 aliphatic rings. The van der Waals surface area contributed by atoms with Gasteiger partial charge < -0.3 is 5.32 Å². The number of hydrogen-bond donors (Lipinski definition) is 1. The van der Waals surface area contributed by atoms with Crippen molar-refractivity contribution in [3.8, 4) is 0 Å². The van der Waals surface area contributed by atoms with Gasteiger partial charge in [0.15, 0.2) is 0 Å². The van der Waals surface area contributed by atoms with Crippen molar-refractivity contribution >= 4 is 21.9 Å². The molecule has 1 saturated carbocycles. The molecule has 16 heavy (non-hydrogen) atoms. The number of hydrogen-bond acceptors (Lipinski definition) is 3. The molecule has 0 saturated heterocycles. The SMILES string of the molecule is Cc1nc(NC2CCCCCC2)ncc1Br. The van der Waals surface area contributed by atoms with Crippen LogP contribution in [0.2, 0.25) is 0 Å². The molecule has 88 valence electrons. The molecule has 0 aromatic carbocycles. The fraction of sp³-hybridized carbons (Fsp3) is 0.667. The second-order valence-corrected chi connectivity index (χ2v) is 5.31. The Labute approximate surface area is 105 Å². The third-order valence-electron chi connectivity index (χ3n) is 3.11. The van der Waals surface area contributed by atoms with Gasteiger partial charge in [-0.2, -0.15) is 0 Å². The molecule has 1 aromatic rings. The highest BCUT2D eigenvalue weighted by molar-refractivity contribution is 9.10. The van der Waals surface area contributed by atoms with Gasteiger partial charge in [-0.25, -0.2) is 9.97 Å². The maximum absolute atomic E-state index is 4.43. The van der Waals surface area contributed by atoms with Crippen molar-refractivity contribution in [3.05, 3.63) is 16.4 Å². The number of rotatable bonds is 2. The number of aryl methyl sites for hydroxylation is 1. The van der Waals surface area contributed by atoms with Crippen LogP contribution in [0, 0.1) is 6.92 Å². The largest absolute Gasteiger partial charge is 0.351 e. The van der Waals surface area contributed by atoms with Gasteiger partial charge in [-0.05, 0) is 35.7 Å². The van der Waals surface area contributed by atoms with Crippen molar-refractivity contribution in [1.82, 2.24) is 9.97 Å². The van der Waals surface area contributed by atoms with E-state index in [0.29, 0.717) is 6.04 Å². The fourth-order valence-electron chi connectivity index (χ4n) is 2.13. The van der Waals surface area contributed by atoms with Gasteiger partial charge in [0.05, 0.1) is 10.2 Å². The highest BCUT2D eigenvalue weighted by Gasteiger charge is 2.13. The van der Waals surface area contributed by atoms with Crippen LogP contribution >= 0.6 is 15.9 Å². The van der Waals surface area contributed by atoms with Gasteiger partial charge in [0.25, 0.3) is 0 Å². The maximum atomic E-state index is 4.43. The average Bonchev–Trinajstić information content (AvgIpc) is 2.52. The predicted molar refractivity (Wildman–Crippen MR) is 69.6 cm³/mol. The Bertz CT molecular complexity index is 346. The summed E-state index contributed by atoms with van der Waals surface area (Å²) in [5.41, 5.74) is 0.992. The van der Waals surface area contributed by atoms with Gasteiger partial charge >= 0.3 is 0 Å². The molecule has 1 fully saturated rings. The van der Waals surface area contributed by atoms with Crippen molar-refractivity contribution in [1.29, 1.82) is 0 Å². The van der Waals surface area contributed by atoms with Gasteiger partial charge in [-0.1, -0.05) is 25.7 Å². The van der Waals surface area contributed by atoms with Crippen molar-refractivity contribution in [2.24, 2.45) is 0 Å². The lowest BCUT2D eigenvalue weighted by Gasteiger charge is -2.16. The lowest BCUT2D eigenvalue weighted by Crippen LogP contribution is -2.20. The van der Waals surface area contributed by atoms with Crippen molar-refractivity contribution in [2.75, 3.05) is 5.32 Å². The Morgan fingerprint density at radius 2 is 1.94 bits per heavy atom. The highest BCUT2D eigenvalue weighted by Crippen LogP contribution is 2.20. The molecule has 0 radical (unpaired) electrons. The number of nitrogens with one attached hydrogen (secondary N) is 1. The van der Waals surface area contributed by atoms with E-state index < -0.39 is 0 Å². The smallest absolute Gasteiger partial charge is 0.223 e. The van der Waals surface area contributed by atoms with E-state index in [1.54, 1.807) is 0 Å². The number of anilines is 1. The first-order valence-electron chi connectivity index (χ1n) is 6.01. The molecule has 1 heterocycles. The molecule has 1 aromatic heterocycles. The fourth-order valence-corrected chi connectivity index (χ4v) is 2.32. The summed E-state index contributed by atoms with van der Waals surface area (Å²) >= 11 is 3.41. The Hall–Kier alpha value is -0.640. The summed E-state index contributed by atoms with van der Waals surface area (Å²) in [6, 6.07) is 0.558. The summed E-state index contributed by atoms with van der Waals surface area (Å²) in [7, 11) is 0. The average molecular weight is 284 g/mol. The standard InChI is InChI=1S/C12H18BrN3/c1-9-11(13)8-14-12(15-9)16-10-6-4-2-3-5-7-10/h8,10H,2-7H2,1H3,(H,14,15,16). The van der Waals surface area contributed by atoms with Gasteiger partial charge in [0, 0.05) is 12.2 Å². The summed E-state index contributed by atoms with van der Waals surface area (Å²) in [4.78, 5) is 8.72. The van der Waals surface area contributed by atoms with Crippen molar-refractivity contribution in [3.63, 3.8) is 0 Å². The molecule has 1 N–H and O–H groups in total. The molecular weight excluding hydrogens is 266 g/mol. The summed E-state index contributed by atoms with van der Waals surface area (Å²) < 4.78 is 0.971. The van der Waals surface area contributed by atoms with Gasteiger partial charge in [-0.3, -0.25) is 0 Å². The van der Waals surface area contributed by atoms with E-state index in [0.717, 1.165) is 16.1 Å². The zero-order valence-electron chi connectivity index (χ0n) is 9.67. The Balaban J connectivity index is 1.99. The van der Waals surface area contributed by atoms with Crippen molar-refractivity contribution in [2.45, 2.75) is 51.5 Å². The molecule has 2 rings (SSSR count). The van der Waals surface area contributed by atoms with Crippen molar-refractivity contribution < 1.29 is 0 Å². The van der Waals surface area contributed by atoms with Gasteiger partial charge in [-0.15, -0.1) is 0 Å². The zero-order valence-corrected chi connectivity index (χ0v) is 11.3. The third kappa shape index (κ3) is 3.17. The second-order valence-electron chi connectivity index (χ2n) is 4.46. The molecule has 1 aliphatic carbocycles. The van der Waals surface area contributed by atoms with E-state index in [4.69, 9.17) is 0 Å². The molecule has 0 unspecified atom stereocenters. The van der Waals surface area contributed by atoms with Crippen LogP contribution in [0.15, 0.2) is 10.7 Å². The van der Waals surface area contributed by atoms with E-state index in [2.05, 4.69) is 31.2 Å². The molecular formula is C12H18BrN3. The third-order valence-corrected chi connectivity index (χ3v) is 3.89. The highest BCUT2D eigenvalue weighted by atomic mass is 79.9. The van der Waals surface area contributed by atoms with Crippen LogP contribution in [-0.4, -0.2) is 16.0 Å². The van der Waals surface area contributed by atoms with E-state index >= 15 is 0 Å². The molecule has 0 spiro atoms. The first-order chi connectivity index (χ1) is 7.75. The quantitative estimate of drug-likeness (QED) is 0.842. The number of nitrogens with zero attached hydrogens (tertiary/aromatic N) is 2. The minimum atomic E-state index is 0.558. The van der Waals surface area contributed by atoms with E-state index in [-0.39, 0.29) is 0 Å². The van der Waals surface area contributed by atoms with Gasteiger partial charge in [0.2, 0.25) is 5.95 Å². The summed E-state index contributed by atoms with van der Waals surface area (Å²) in [5.74, 6) is 0.771. The van der Waals surface area contributed by atoms with Crippen LogP contribution in [0.3, 0.4) is 0 Å². The predicted octanol–water partition coefficient (Wildman–Crippen LogP) is 3.68. The van der Waals surface area contributed by atoms with Crippen LogP contribution in [0.1, 0.15) is 44.2 Å². The van der Waals surface area contributed by atoms with E-state index in [1.807, 2.05) is 13.1 Å². The summed E-state index contributed by atoms with van der Waals surface area (Å²) in [6.45, 7) is 1.99. The van der Waals surface area contributed by atoms with Crippen LogP contribution < -0.4 is 5.32 Å². The first-order valence-corrected chi connectivity index (χ1v) is 6.80. The number of halogens is 1. The minimum Gasteiger partial charge on any atom is -0.351 e. The molecule has 0 atom stereocenters. The van der Waals surface area contributed by atoms with Crippen LogP contribution in [-0.2, 0) is 0 Å². The molecule has 0 aliphatic heterocycles. The first kappa shape index (κ1) is 11.8. The molecule has 0 amide bonds. The maximum Gasteiger partial charge on any atom is 0.223 e. The Morgan fingerprint density at radius 3 is 2.56 bits per heavy atom. The van der Waals surface area contributed by atoms with E-state index in [9.17, 15) is 0 Å². The summed E-state index contributed by atoms with van der Waals surface area (Å²) in [5, 5.41) is 3.45. The lowest BCUT2D eigenvalue weighted by molar-refractivity contribution is 0.614. The normalized spacial score (nSPS) is 18.1. The number of aromatic nitrogens is 2. The van der Waals surface area contributed by atoms with Crippen LogP contribution in [0.5, 0.6) is 0 Å². The van der Waals surface area contributed by atoms with E-state index in [1.165, 1.54) is 38.5 Å². The minimum absolute atomic E-state index is 0.558. The Morgan fingerprint density at radius 1 is 1.25 bits per heavy atom. The van der Waals surface area contributed by atoms with Gasteiger partial charge in [0.1, 0.15) is 0 Å². The molecule has 0 bridgehead atoms. The lowest BCUT2D eigenvalue weighted by atomic mass is 10.1. The topological polar surface area (TPSA) is 37.8 Å². The van der Waals surface area contributed by atoms with Crippen LogP contribution in [0.25, 0.3) is 0 Å². The second kappa shape index (κ2) is 5.62. The van der Waals surface area contributed by atoms with Crippen LogP contribution in [0.4, 0.5) is 5.95 Å². The summed E-state index contributed by atoms with van der Waals surface area (Å²) in [6.07, 6.45) is 9.72. The monoisotopic (exact) mass is 283 g/mol.